The predicted octanol–water partition coefficient (Wildman–Crippen LogP) is 2.00. The number of imidazole rings is 1. The zero-order valence-corrected chi connectivity index (χ0v) is 12.4. The Morgan fingerprint density at radius 2 is 2.14 bits per heavy atom. The molecule has 4 heterocycles. The molecule has 0 radical (unpaired) electrons. The Kier molecular flexibility index (Phi) is 2.78. The molecule has 22 heavy (non-hydrogen) atoms. The minimum atomic E-state index is 0.591. The van der Waals surface area contributed by atoms with Gasteiger partial charge in [-0.2, -0.15) is 14.6 Å². The maximum absolute atomic E-state index is 4.66. The van der Waals surface area contributed by atoms with E-state index in [0.717, 1.165) is 28.4 Å². The molecule has 110 valence electrons. The minimum Gasteiger partial charge on any atom is -0.364 e. The molecular formula is C15H15N7. The number of nitrogens with one attached hydrogen (secondary N) is 1. The number of hydrogen-bond acceptors (Lipinski definition) is 5. The van der Waals surface area contributed by atoms with E-state index in [0.29, 0.717) is 12.3 Å². The lowest BCUT2D eigenvalue weighted by molar-refractivity contribution is 0.911. The molecule has 4 aromatic heterocycles. The summed E-state index contributed by atoms with van der Waals surface area (Å²) in [5.74, 6) is 1.45. The topological polar surface area (TPSA) is 72.4 Å². The van der Waals surface area contributed by atoms with Crippen LogP contribution in [0.2, 0.25) is 0 Å². The minimum absolute atomic E-state index is 0.591. The number of aryl methyl sites for hydroxylation is 2. The Hall–Kier alpha value is -2.96. The van der Waals surface area contributed by atoms with E-state index in [4.69, 9.17) is 0 Å². The third-order valence-electron chi connectivity index (χ3n) is 3.56. The van der Waals surface area contributed by atoms with Gasteiger partial charge in [-0.1, -0.05) is 6.07 Å². The Morgan fingerprint density at radius 1 is 1.23 bits per heavy atom. The van der Waals surface area contributed by atoms with Crippen LogP contribution in [0.5, 0.6) is 0 Å². The van der Waals surface area contributed by atoms with Gasteiger partial charge in [0.1, 0.15) is 17.8 Å². The highest BCUT2D eigenvalue weighted by Gasteiger charge is 2.07. The molecule has 0 fully saturated rings. The van der Waals surface area contributed by atoms with Crippen molar-refractivity contribution in [1.29, 1.82) is 0 Å². The van der Waals surface area contributed by atoms with Gasteiger partial charge in [0.25, 0.3) is 5.78 Å². The summed E-state index contributed by atoms with van der Waals surface area (Å²) in [6.45, 7) is 4.61. The maximum Gasteiger partial charge on any atom is 0.254 e. The number of pyridine rings is 1. The van der Waals surface area contributed by atoms with Crippen molar-refractivity contribution in [1.82, 2.24) is 29.0 Å². The second-order valence-electron chi connectivity index (χ2n) is 5.26. The molecule has 0 atom stereocenters. The van der Waals surface area contributed by atoms with Crippen molar-refractivity contribution < 1.29 is 0 Å². The first-order valence-electron chi connectivity index (χ1n) is 7.05. The van der Waals surface area contributed by atoms with Crippen molar-refractivity contribution in [2.45, 2.75) is 20.4 Å². The van der Waals surface area contributed by atoms with Crippen LogP contribution in [0.1, 0.15) is 17.0 Å². The zero-order chi connectivity index (χ0) is 15.1. The normalized spacial score (nSPS) is 11.4. The molecule has 0 aliphatic heterocycles. The first kappa shape index (κ1) is 12.8. The van der Waals surface area contributed by atoms with Gasteiger partial charge in [-0.25, -0.2) is 9.97 Å². The first-order chi connectivity index (χ1) is 10.7. The van der Waals surface area contributed by atoms with Gasteiger partial charge in [0, 0.05) is 24.2 Å². The molecule has 0 aliphatic rings. The molecule has 7 heteroatoms. The number of fused-ring (bicyclic) bond motifs is 2. The van der Waals surface area contributed by atoms with E-state index in [-0.39, 0.29) is 0 Å². The molecule has 0 spiro atoms. The van der Waals surface area contributed by atoms with Crippen LogP contribution in [0.25, 0.3) is 11.4 Å². The molecular weight excluding hydrogens is 278 g/mol. The van der Waals surface area contributed by atoms with Gasteiger partial charge >= 0.3 is 0 Å². The van der Waals surface area contributed by atoms with Crippen molar-refractivity contribution in [2.24, 2.45) is 0 Å². The van der Waals surface area contributed by atoms with Crippen LogP contribution >= 0.6 is 0 Å². The number of aromatic nitrogens is 6. The fraction of sp³-hybridized carbons (Fsp3) is 0.200. The maximum atomic E-state index is 4.66. The van der Waals surface area contributed by atoms with E-state index in [9.17, 15) is 0 Å². The lowest BCUT2D eigenvalue weighted by Gasteiger charge is -2.06. The van der Waals surface area contributed by atoms with Crippen molar-refractivity contribution in [3.63, 3.8) is 0 Å². The van der Waals surface area contributed by atoms with Gasteiger partial charge in [0.2, 0.25) is 0 Å². The lowest BCUT2D eigenvalue weighted by atomic mass is 10.3. The molecule has 0 bridgehead atoms. The van der Waals surface area contributed by atoms with Gasteiger partial charge in [-0.3, -0.25) is 0 Å². The Balaban J connectivity index is 1.65. The highest BCUT2D eigenvalue weighted by atomic mass is 15.3. The fourth-order valence-electron chi connectivity index (χ4n) is 2.53. The molecule has 4 rings (SSSR count). The summed E-state index contributed by atoms with van der Waals surface area (Å²) in [6.07, 6.45) is 5.54. The summed E-state index contributed by atoms with van der Waals surface area (Å²) in [4.78, 5) is 13.1. The third kappa shape index (κ3) is 2.07. The van der Waals surface area contributed by atoms with Gasteiger partial charge in [-0.05, 0) is 25.5 Å². The number of anilines is 1. The molecule has 0 aliphatic carbocycles. The number of rotatable bonds is 3. The Morgan fingerprint density at radius 3 is 3.00 bits per heavy atom. The van der Waals surface area contributed by atoms with Crippen molar-refractivity contribution in [3.8, 4) is 0 Å². The molecule has 0 amide bonds. The monoisotopic (exact) mass is 293 g/mol. The summed E-state index contributed by atoms with van der Waals surface area (Å²) in [5.41, 5.74) is 4.01. The van der Waals surface area contributed by atoms with Crippen LogP contribution in [0, 0.1) is 13.8 Å². The van der Waals surface area contributed by atoms with E-state index < -0.39 is 0 Å². The average molecular weight is 293 g/mol. The van der Waals surface area contributed by atoms with Crippen molar-refractivity contribution >= 4 is 17.2 Å². The molecule has 1 N–H and O–H groups in total. The SMILES string of the molecule is Cc1cc(NCc2cn3cccc(C)c3n2)n2ncnc2n1. The smallest absolute Gasteiger partial charge is 0.254 e. The summed E-state index contributed by atoms with van der Waals surface area (Å²) in [6, 6.07) is 6.03. The standard InChI is InChI=1S/C15H15N7/c1-10-4-3-5-21-8-12(20-14(10)21)7-16-13-6-11(2)19-15-17-9-18-22(13)15/h3-6,8-9,16H,7H2,1-2H3. The molecule has 4 aromatic rings. The third-order valence-corrected chi connectivity index (χ3v) is 3.56. The average Bonchev–Trinajstić information content (AvgIpc) is 3.11. The van der Waals surface area contributed by atoms with Crippen LogP contribution in [0.15, 0.2) is 36.9 Å². The van der Waals surface area contributed by atoms with Gasteiger partial charge in [0.15, 0.2) is 0 Å². The number of nitrogens with zero attached hydrogens (tertiary/aromatic N) is 6. The van der Waals surface area contributed by atoms with Gasteiger partial charge in [-0.15, -0.1) is 0 Å². The number of hydrogen-bond donors (Lipinski definition) is 1. The first-order valence-corrected chi connectivity index (χ1v) is 7.05. The second-order valence-corrected chi connectivity index (χ2v) is 5.26. The summed E-state index contributed by atoms with van der Waals surface area (Å²) >= 11 is 0. The highest BCUT2D eigenvalue weighted by molar-refractivity contribution is 5.49. The van der Waals surface area contributed by atoms with E-state index in [1.807, 2.05) is 35.9 Å². The Labute approximate surface area is 126 Å². The highest BCUT2D eigenvalue weighted by Crippen LogP contribution is 2.13. The summed E-state index contributed by atoms with van der Waals surface area (Å²) < 4.78 is 3.73. The van der Waals surface area contributed by atoms with Crippen LogP contribution < -0.4 is 5.32 Å². The lowest BCUT2D eigenvalue weighted by Crippen LogP contribution is -2.07. The van der Waals surface area contributed by atoms with Crippen LogP contribution in [0.4, 0.5) is 5.82 Å². The zero-order valence-electron chi connectivity index (χ0n) is 12.4. The van der Waals surface area contributed by atoms with E-state index >= 15 is 0 Å². The second kappa shape index (κ2) is 4.80. The Bertz CT molecular complexity index is 967. The van der Waals surface area contributed by atoms with Crippen LogP contribution in [0.3, 0.4) is 0 Å². The quantitative estimate of drug-likeness (QED) is 0.625. The summed E-state index contributed by atoms with van der Waals surface area (Å²) in [5, 5.41) is 7.54. The van der Waals surface area contributed by atoms with Crippen LogP contribution in [-0.2, 0) is 6.54 Å². The van der Waals surface area contributed by atoms with Gasteiger partial charge in [0.05, 0.1) is 12.2 Å². The molecule has 0 saturated carbocycles. The van der Waals surface area contributed by atoms with Crippen molar-refractivity contribution in [3.05, 3.63) is 53.9 Å². The molecule has 0 unspecified atom stereocenters. The molecule has 0 aromatic carbocycles. The molecule has 7 nitrogen and oxygen atoms in total. The van der Waals surface area contributed by atoms with E-state index in [2.05, 4.69) is 38.4 Å². The summed E-state index contributed by atoms with van der Waals surface area (Å²) in [7, 11) is 0. The largest absolute Gasteiger partial charge is 0.364 e. The van der Waals surface area contributed by atoms with E-state index in [1.165, 1.54) is 6.33 Å². The predicted molar refractivity (Wildman–Crippen MR) is 82.8 cm³/mol. The molecule has 0 saturated heterocycles. The van der Waals surface area contributed by atoms with Crippen molar-refractivity contribution in [2.75, 3.05) is 5.32 Å². The van der Waals surface area contributed by atoms with Crippen LogP contribution in [-0.4, -0.2) is 29.0 Å². The van der Waals surface area contributed by atoms with Gasteiger partial charge < -0.3 is 9.72 Å². The van der Waals surface area contributed by atoms with E-state index in [1.54, 1.807) is 4.52 Å². The fourth-order valence-corrected chi connectivity index (χ4v) is 2.53.